The molecule has 0 aromatic heterocycles. The molecule has 2 fully saturated rings. The second kappa shape index (κ2) is 6.55. The fraction of sp³-hybridized carbons (Fsp3) is 1.00. The molecule has 0 saturated heterocycles. The number of hydrogen-bond donors (Lipinski definition) is 2. The first-order valence-electron chi connectivity index (χ1n) is 8.13. The van der Waals surface area contributed by atoms with Crippen molar-refractivity contribution >= 4 is 0 Å². The minimum absolute atomic E-state index is 0.0101. The van der Waals surface area contributed by atoms with Gasteiger partial charge in [-0.25, -0.2) is 0 Å². The van der Waals surface area contributed by atoms with E-state index in [1.54, 1.807) is 0 Å². The van der Waals surface area contributed by atoms with Crippen molar-refractivity contribution < 1.29 is 5.11 Å². The molecule has 0 aromatic rings. The monoisotopic (exact) mass is 268 g/mol. The van der Waals surface area contributed by atoms with E-state index >= 15 is 0 Å². The second-order valence-electron chi connectivity index (χ2n) is 7.27. The molecule has 19 heavy (non-hydrogen) atoms. The van der Waals surface area contributed by atoms with E-state index in [1.807, 2.05) is 0 Å². The number of aliphatic hydroxyl groups is 1. The van der Waals surface area contributed by atoms with E-state index in [9.17, 15) is 5.11 Å². The molecule has 2 aliphatic rings. The number of hydrogen-bond acceptors (Lipinski definition) is 3. The SMILES string of the molecule is CC(C)CCN(C)C1CCCC(CO)(NC2CC2)C1. The average molecular weight is 268 g/mol. The van der Waals surface area contributed by atoms with Gasteiger partial charge in [-0.3, -0.25) is 0 Å². The molecule has 0 spiro atoms. The summed E-state index contributed by atoms with van der Waals surface area (Å²) in [7, 11) is 2.26. The van der Waals surface area contributed by atoms with Crippen LogP contribution in [0.1, 0.15) is 58.8 Å². The zero-order valence-corrected chi connectivity index (χ0v) is 13.0. The highest BCUT2D eigenvalue weighted by Gasteiger charge is 2.40. The molecule has 2 unspecified atom stereocenters. The number of nitrogens with one attached hydrogen (secondary N) is 1. The lowest BCUT2D eigenvalue weighted by Crippen LogP contribution is -2.56. The molecule has 0 radical (unpaired) electrons. The van der Waals surface area contributed by atoms with Crippen LogP contribution in [0.15, 0.2) is 0 Å². The largest absolute Gasteiger partial charge is 0.394 e. The Morgan fingerprint density at radius 1 is 1.32 bits per heavy atom. The van der Waals surface area contributed by atoms with Gasteiger partial charge < -0.3 is 15.3 Å². The van der Waals surface area contributed by atoms with Gasteiger partial charge in [0, 0.05) is 17.6 Å². The van der Waals surface area contributed by atoms with Crippen LogP contribution >= 0.6 is 0 Å². The van der Waals surface area contributed by atoms with Gasteiger partial charge in [0.05, 0.1) is 6.61 Å². The van der Waals surface area contributed by atoms with E-state index in [1.165, 1.54) is 38.6 Å². The molecule has 0 bridgehead atoms. The smallest absolute Gasteiger partial charge is 0.0613 e. The van der Waals surface area contributed by atoms with E-state index in [4.69, 9.17) is 0 Å². The van der Waals surface area contributed by atoms with Gasteiger partial charge in [-0.2, -0.15) is 0 Å². The van der Waals surface area contributed by atoms with Gasteiger partial charge in [-0.15, -0.1) is 0 Å². The van der Waals surface area contributed by atoms with E-state index in [2.05, 4.69) is 31.1 Å². The Bertz CT molecular complexity index is 278. The summed E-state index contributed by atoms with van der Waals surface area (Å²) in [6.07, 6.45) is 8.68. The maximum absolute atomic E-state index is 9.85. The van der Waals surface area contributed by atoms with E-state index < -0.39 is 0 Å². The third-order valence-electron chi connectivity index (χ3n) is 4.89. The molecule has 0 heterocycles. The van der Waals surface area contributed by atoms with Crippen LogP contribution in [0, 0.1) is 5.92 Å². The summed E-state index contributed by atoms with van der Waals surface area (Å²) >= 11 is 0. The van der Waals surface area contributed by atoms with Gasteiger partial charge in [-0.05, 0) is 64.5 Å². The summed E-state index contributed by atoms with van der Waals surface area (Å²) < 4.78 is 0. The summed E-state index contributed by atoms with van der Waals surface area (Å²) in [6, 6.07) is 1.33. The van der Waals surface area contributed by atoms with Crippen molar-refractivity contribution in [2.75, 3.05) is 20.2 Å². The lowest BCUT2D eigenvalue weighted by molar-refractivity contribution is 0.0666. The highest BCUT2D eigenvalue weighted by Crippen LogP contribution is 2.34. The van der Waals surface area contributed by atoms with Crippen LogP contribution in [0.2, 0.25) is 0 Å². The normalized spacial score (nSPS) is 32.2. The maximum Gasteiger partial charge on any atom is 0.0613 e. The summed E-state index contributed by atoms with van der Waals surface area (Å²) in [5, 5.41) is 13.6. The Labute approximate surface area is 118 Å². The molecule has 0 aliphatic heterocycles. The Balaban J connectivity index is 1.87. The first-order valence-corrected chi connectivity index (χ1v) is 8.13. The molecule has 2 N–H and O–H groups in total. The standard InChI is InChI=1S/C16H32N2O/c1-13(2)8-10-18(3)15-5-4-9-16(11-15,12-19)17-14-6-7-14/h13-15,17,19H,4-12H2,1-3H3. The third-order valence-corrected chi connectivity index (χ3v) is 4.89. The fourth-order valence-corrected chi connectivity index (χ4v) is 3.33. The molecule has 3 heteroatoms. The van der Waals surface area contributed by atoms with Crippen molar-refractivity contribution in [1.82, 2.24) is 10.2 Å². The van der Waals surface area contributed by atoms with Crippen LogP contribution in [0.5, 0.6) is 0 Å². The summed E-state index contributed by atoms with van der Waals surface area (Å²) in [4.78, 5) is 2.53. The van der Waals surface area contributed by atoms with Gasteiger partial charge in [0.15, 0.2) is 0 Å². The molecular weight excluding hydrogens is 236 g/mol. The maximum atomic E-state index is 9.85. The van der Waals surface area contributed by atoms with Gasteiger partial charge in [0.25, 0.3) is 0 Å². The molecule has 3 nitrogen and oxygen atoms in total. The minimum Gasteiger partial charge on any atom is -0.394 e. The first-order chi connectivity index (χ1) is 9.04. The van der Waals surface area contributed by atoms with Crippen LogP contribution < -0.4 is 5.32 Å². The van der Waals surface area contributed by atoms with E-state index in [-0.39, 0.29) is 5.54 Å². The van der Waals surface area contributed by atoms with Crippen LogP contribution in [0.25, 0.3) is 0 Å². The lowest BCUT2D eigenvalue weighted by Gasteiger charge is -2.44. The highest BCUT2D eigenvalue weighted by atomic mass is 16.3. The van der Waals surface area contributed by atoms with Crippen LogP contribution in [0.3, 0.4) is 0 Å². The Kier molecular flexibility index (Phi) is 5.27. The van der Waals surface area contributed by atoms with Gasteiger partial charge in [0.2, 0.25) is 0 Å². The van der Waals surface area contributed by atoms with Gasteiger partial charge >= 0.3 is 0 Å². The Hall–Kier alpha value is -0.120. The number of rotatable bonds is 7. The third kappa shape index (κ3) is 4.44. The summed E-state index contributed by atoms with van der Waals surface area (Å²) in [5.41, 5.74) is 0.0101. The minimum atomic E-state index is 0.0101. The van der Waals surface area contributed by atoms with Gasteiger partial charge in [0.1, 0.15) is 0 Å². The van der Waals surface area contributed by atoms with Crippen molar-refractivity contribution in [3.8, 4) is 0 Å². The molecule has 2 aliphatic carbocycles. The topological polar surface area (TPSA) is 35.5 Å². The molecule has 2 rings (SSSR count). The van der Waals surface area contributed by atoms with E-state index in [0.717, 1.165) is 18.8 Å². The van der Waals surface area contributed by atoms with Gasteiger partial charge in [-0.1, -0.05) is 13.8 Å². The van der Waals surface area contributed by atoms with Crippen molar-refractivity contribution in [2.45, 2.75) is 76.4 Å². The van der Waals surface area contributed by atoms with E-state index in [0.29, 0.717) is 18.7 Å². The average Bonchev–Trinajstić information content (AvgIpc) is 3.20. The van der Waals surface area contributed by atoms with Crippen molar-refractivity contribution in [3.63, 3.8) is 0 Å². The lowest BCUT2D eigenvalue weighted by atomic mass is 9.78. The number of aliphatic hydroxyl groups excluding tert-OH is 1. The highest BCUT2D eigenvalue weighted by molar-refractivity contribution is 5.00. The second-order valence-corrected chi connectivity index (χ2v) is 7.27. The Morgan fingerprint density at radius 3 is 2.63 bits per heavy atom. The van der Waals surface area contributed by atoms with Crippen molar-refractivity contribution in [2.24, 2.45) is 5.92 Å². The zero-order valence-electron chi connectivity index (χ0n) is 13.0. The summed E-state index contributed by atoms with van der Waals surface area (Å²) in [6.45, 7) is 6.08. The first kappa shape index (κ1) is 15.3. The predicted octanol–water partition coefficient (Wildman–Crippen LogP) is 2.39. The predicted molar refractivity (Wildman–Crippen MR) is 80.3 cm³/mol. The molecular formula is C16H32N2O. The molecule has 112 valence electrons. The quantitative estimate of drug-likeness (QED) is 0.744. The van der Waals surface area contributed by atoms with Crippen LogP contribution in [-0.2, 0) is 0 Å². The van der Waals surface area contributed by atoms with Crippen LogP contribution in [-0.4, -0.2) is 47.8 Å². The number of nitrogens with zero attached hydrogens (tertiary/aromatic N) is 1. The summed E-state index contributed by atoms with van der Waals surface area (Å²) in [5.74, 6) is 0.776. The van der Waals surface area contributed by atoms with Crippen molar-refractivity contribution in [1.29, 1.82) is 0 Å². The molecule has 0 aromatic carbocycles. The molecule has 0 amide bonds. The fourth-order valence-electron chi connectivity index (χ4n) is 3.33. The molecule has 2 atom stereocenters. The molecule has 2 saturated carbocycles. The zero-order chi connectivity index (χ0) is 13.9. The van der Waals surface area contributed by atoms with Crippen LogP contribution in [0.4, 0.5) is 0 Å². The Morgan fingerprint density at radius 2 is 2.05 bits per heavy atom. The van der Waals surface area contributed by atoms with Crippen molar-refractivity contribution in [3.05, 3.63) is 0 Å².